The molecule has 102 valence electrons. The molecule has 0 saturated carbocycles. The highest BCUT2D eigenvalue weighted by molar-refractivity contribution is 5.76. The predicted octanol–water partition coefficient (Wildman–Crippen LogP) is 3.12. The molecule has 0 amide bonds. The Morgan fingerprint density at radius 2 is 1.95 bits per heavy atom. The van der Waals surface area contributed by atoms with Crippen molar-refractivity contribution in [2.75, 3.05) is 0 Å². The van der Waals surface area contributed by atoms with Crippen LogP contribution in [0.4, 0.5) is 0 Å². The second kappa shape index (κ2) is 4.56. The largest absolute Gasteiger partial charge is 0.336 e. The molecule has 0 aliphatic heterocycles. The number of imidazole rings is 1. The maximum atomic E-state index is 4.51. The molecule has 0 spiro atoms. The molecule has 0 bridgehead atoms. The third kappa shape index (κ3) is 2.08. The fourth-order valence-corrected chi connectivity index (χ4v) is 2.31. The van der Waals surface area contributed by atoms with Gasteiger partial charge in [0.2, 0.25) is 0 Å². The van der Waals surface area contributed by atoms with Gasteiger partial charge in [0, 0.05) is 12.4 Å². The fourth-order valence-electron chi connectivity index (χ4n) is 2.31. The minimum Gasteiger partial charge on any atom is -0.336 e. The molecular weight excluding hydrogens is 262 g/mol. The van der Waals surface area contributed by atoms with Gasteiger partial charge in [-0.3, -0.25) is 0 Å². The molecule has 0 aliphatic rings. The van der Waals surface area contributed by atoms with Crippen molar-refractivity contribution < 1.29 is 0 Å². The van der Waals surface area contributed by atoms with Gasteiger partial charge in [0.1, 0.15) is 5.82 Å². The summed E-state index contributed by atoms with van der Waals surface area (Å²) in [7, 11) is 0. The van der Waals surface area contributed by atoms with E-state index in [1.165, 1.54) is 0 Å². The van der Waals surface area contributed by atoms with Crippen molar-refractivity contribution in [1.82, 2.24) is 24.7 Å². The van der Waals surface area contributed by atoms with Gasteiger partial charge in [-0.15, -0.1) is 0 Å². The zero-order valence-corrected chi connectivity index (χ0v) is 11.5. The maximum absolute atomic E-state index is 4.51. The molecule has 4 aromatic rings. The highest BCUT2D eigenvalue weighted by Crippen LogP contribution is 2.20. The molecule has 0 saturated heterocycles. The average molecular weight is 275 g/mol. The summed E-state index contributed by atoms with van der Waals surface area (Å²) < 4.78 is 1.83. The van der Waals surface area contributed by atoms with E-state index in [2.05, 4.69) is 20.1 Å². The zero-order valence-electron chi connectivity index (χ0n) is 11.5. The van der Waals surface area contributed by atoms with E-state index < -0.39 is 0 Å². The molecule has 0 atom stereocenters. The number of para-hydroxylation sites is 1. The molecule has 0 radical (unpaired) electrons. The van der Waals surface area contributed by atoms with Crippen LogP contribution in [0.25, 0.3) is 28.2 Å². The molecule has 5 heteroatoms. The lowest BCUT2D eigenvalue weighted by molar-refractivity contribution is 0.880. The number of hydrogen-bond donors (Lipinski definition) is 1. The van der Waals surface area contributed by atoms with Gasteiger partial charge < -0.3 is 4.98 Å². The van der Waals surface area contributed by atoms with Crippen LogP contribution >= 0.6 is 0 Å². The number of fused-ring (bicyclic) bond motifs is 1. The molecule has 0 aliphatic carbocycles. The second-order valence-corrected chi connectivity index (χ2v) is 4.98. The Morgan fingerprint density at radius 3 is 2.81 bits per heavy atom. The number of aryl methyl sites for hydroxylation is 1. The number of benzene rings is 1. The summed E-state index contributed by atoms with van der Waals surface area (Å²) >= 11 is 0. The van der Waals surface area contributed by atoms with E-state index in [0.717, 1.165) is 33.8 Å². The Balaban J connectivity index is 1.77. The monoisotopic (exact) mass is 275 g/mol. The van der Waals surface area contributed by atoms with Gasteiger partial charge in [-0.05, 0) is 30.7 Å². The van der Waals surface area contributed by atoms with Crippen LogP contribution in [-0.4, -0.2) is 24.7 Å². The van der Waals surface area contributed by atoms with E-state index >= 15 is 0 Å². The van der Waals surface area contributed by atoms with Crippen molar-refractivity contribution in [3.63, 3.8) is 0 Å². The normalized spacial score (nSPS) is 11.1. The van der Waals surface area contributed by atoms with Gasteiger partial charge in [0.05, 0.1) is 23.0 Å². The number of pyridine rings is 1. The van der Waals surface area contributed by atoms with E-state index in [0.29, 0.717) is 0 Å². The first-order valence-corrected chi connectivity index (χ1v) is 6.72. The van der Waals surface area contributed by atoms with Crippen LogP contribution in [0.3, 0.4) is 0 Å². The fraction of sp³-hybridized carbons (Fsp3) is 0.0625. The molecule has 3 aromatic heterocycles. The Kier molecular flexibility index (Phi) is 2.57. The summed E-state index contributed by atoms with van der Waals surface area (Å²) in [6, 6.07) is 12.0. The van der Waals surface area contributed by atoms with Crippen LogP contribution < -0.4 is 0 Å². The number of aromatic amines is 1. The third-order valence-electron chi connectivity index (χ3n) is 3.35. The van der Waals surface area contributed by atoms with Gasteiger partial charge in [-0.1, -0.05) is 18.2 Å². The number of nitrogens with zero attached hydrogens (tertiary/aromatic N) is 4. The van der Waals surface area contributed by atoms with E-state index in [-0.39, 0.29) is 0 Å². The topological polar surface area (TPSA) is 59.4 Å². The summed E-state index contributed by atoms with van der Waals surface area (Å²) in [5, 5.41) is 4.39. The van der Waals surface area contributed by atoms with Crippen molar-refractivity contribution >= 4 is 11.2 Å². The van der Waals surface area contributed by atoms with Gasteiger partial charge in [0.25, 0.3) is 0 Å². The Labute approximate surface area is 121 Å². The molecule has 0 fully saturated rings. The summed E-state index contributed by atoms with van der Waals surface area (Å²) in [5.41, 5.74) is 4.74. The van der Waals surface area contributed by atoms with Gasteiger partial charge in [-0.25, -0.2) is 14.6 Å². The smallest absolute Gasteiger partial charge is 0.178 e. The SMILES string of the molecule is Cc1cnc2nc(-c3cnn(-c4ccccc4)c3)[nH]c2c1. The number of H-pyrrole nitrogens is 1. The summed E-state index contributed by atoms with van der Waals surface area (Å²) in [6.07, 6.45) is 5.58. The standard InChI is InChI=1S/C16H13N5/c1-11-7-14-16(17-8-11)20-15(19-14)12-9-18-21(10-12)13-5-3-2-4-6-13/h2-10H,1H3,(H,17,19,20). The van der Waals surface area contributed by atoms with Crippen LogP contribution in [-0.2, 0) is 0 Å². The molecular formula is C16H13N5. The van der Waals surface area contributed by atoms with Crippen LogP contribution in [0.2, 0.25) is 0 Å². The first-order valence-electron chi connectivity index (χ1n) is 6.72. The Morgan fingerprint density at radius 1 is 1.10 bits per heavy atom. The Hall–Kier alpha value is -2.95. The highest BCUT2D eigenvalue weighted by atomic mass is 15.3. The van der Waals surface area contributed by atoms with Gasteiger partial charge >= 0.3 is 0 Å². The second-order valence-electron chi connectivity index (χ2n) is 4.98. The van der Waals surface area contributed by atoms with Crippen molar-refractivity contribution in [3.05, 3.63) is 60.6 Å². The van der Waals surface area contributed by atoms with Crippen LogP contribution in [0.5, 0.6) is 0 Å². The van der Waals surface area contributed by atoms with Crippen molar-refractivity contribution in [2.24, 2.45) is 0 Å². The Bertz CT molecular complexity index is 905. The molecule has 5 nitrogen and oxygen atoms in total. The average Bonchev–Trinajstić information content (AvgIpc) is 3.14. The summed E-state index contributed by atoms with van der Waals surface area (Å²) in [4.78, 5) is 12.1. The van der Waals surface area contributed by atoms with E-state index in [4.69, 9.17) is 0 Å². The third-order valence-corrected chi connectivity index (χ3v) is 3.35. The van der Waals surface area contributed by atoms with Crippen molar-refractivity contribution in [3.8, 4) is 17.1 Å². The van der Waals surface area contributed by atoms with E-state index in [9.17, 15) is 0 Å². The lowest BCUT2D eigenvalue weighted by Gasteiger charge is -1.98. The molecule has 1 aromatic carbocycles. The predicted molar refractivity (Wildman–Crippen MR) is 81.2 cm³/mol. The van der Waals surface area contributed by atoms with Gasteiger partial charge in [0.15, 0.2) is 5.65 Å². The van der Waals surface area contributed by atoms with E-state index in [1.807, 2.05) is 60.4 Å². The lowest BCUT2D eigenvalue weighted by Crippen LogP contribution is -1.92. The molecule has 4 rings (SSSR count). The number of rotatable bonds is 2. The van der Waals surface area contributed by atoms with Crippen LogP contribution in [0, 0.1) is 6.92 Å². The number of hydrogen-bond acceptors (Lipinski definition) is 3. The maximum Gasteiger partial charge on any atom is 0.178 e. The van der Waals surface area contributed by atoms with Crippen molar-refractivity contribution in [1.29, 1.82) is 0 Å². The lowest BCUT2D eigenvalue weighted by atomic mass is 10.3. The minimum atomic E-state index is 0.725. The highest BCUT2D eigenvalue weighted by Gasteiger charge is 2.09. The van der Waals surface area contributed by atoms with Crippen molar-refractivity contribution in [2.45, 2.75) is 6.92 Å². The quantitative estimate of drug-likeness (QED) is 0.611. The molecule has 1 N–H and O–H groups in total. The summed E-state index contributed by atoms with van der Waals surface area (Å²) in [6.45, 7) is 2.01. The number of aromatic nitrogens is 5. The van der Waals surface area contributed by atoms with Gasteiger partial charge in [-0.2, -0.15) is 5.10 Å². The van der Waals surface area contributed by atoms with Crippen LogP contribution in [0.1, 0.15) is 5.56 Å². The zero-order chi connectivity index (χ0) is 14.2. The molecule has 3 heterocycles. The number of nitrogens with one attached hydrogen (secondary N) is 1. The molecule has 0 unspecified atom stereocenters. The van der Waals surface area contributed by atoms with Crippen LogP contribution in [0.15, 0.2) is 55.0 Å². The van der Waals surface area contributed by atoms with E-state index in [1.54, 1.807) is 6.20 Å². The first-order chi connectivity index (χ1) is 10.3. The minimum absolute atomic E-state index is 0.725. The summed E-state index contributed by atoms with van der Waals surface area (Å²) in [5.74, 6) is 0.783. The molecule has 21 heavy (non-hydrogen) atoms. The first kappa shape index (κ1) is 11.8.